The summed E-state index contributed by atoms with van der Waals surface area (Å²) in [5.74, 6) is 0.367. The van der Waals surface area contributed by atoms with Gasteiger partial charge in [0.1, 0.15) is 4.88 Å². The zero-order valence-electron chi connectivity index (χ0n) is 12.3. The highest BCUT2D eigenvalue weighted by molar-refractivity contribution is 7.17. The molecular formula is C14H24N2O2S. The molecule has 1 unspecified atom stereocenters. The van der Waals surface area contributed by atoms with Gasteiger partial charge in [-0.05, 0) is 19.3 Å². The molecule has 1 aromatic heterocycles. The second kappa shape index (κ2) is 8.15. The van der Waals surface area contributed by atoms with Crippen LogP contribution in [0, 0.1) is 12.8 Å². The van der Waals surface area contributed by atoms with Gasteiger partial charge < -0.3 is 10.1 Å². The third kappa shape index (κ3) is 4.82. The Morgan fingerprint density at radius 2 is 2.21 bits per heavy atom. The Balaban J connectivity index is 2.55. The van der Waals surface area contributed by atoms with Crippen molar-refractivity contribution >= 4 is 22.4 Å². The third-order valence-corrected chi connectivity index (χ3v) is 4.35. The summed E-state index contributed by atoms with van der Waals surface area (Å²) in [6, 6.07) is 0. The molecule has 0 bridgehead atoms. The van der Waals surface area contributed by atoms with Gasteiger partial charge in [0.15, 0.2) is 5.13 Å². The van der Waals surface area contributed by atoms with Crippen LogP contribution in [-0.2, 0) is 4.74 Å². The van der Waals surface area contributed by atoms with Crippen molar-refractivity contribution in [2.24, 2.45) is 5.92 Å². The number of carbonyl (C=O) groups is 1. The van der Waals surface area contributed by atoms with E-state index in [1.165, 1.54) is 44.1 Å². The molecule has 1 heterocycles. The minimum Gasteiger partial charge on any atom is -0.465 e. The highest BCUT2D eigenvalue weighted by Crippen LogP contribution is 2.24. The lowest BCUT2D eigenvalue weighted by Crippen LogP contribution is -2.13. The maximum absolute atomic E-state index is 11.5. The van der Waals surface area contributed by atoms with E-state index in [2.05, 4.69) is 24.1 Å². The molecule has 0 saturated carbocycles. The predicted octanol–water partition coefficient (Wildman–Crippen LogP) is 3.87. The zero-order valence-corrected chi connectivity index (χ0v) is 13.1. The van der Waals surface area contributed by atoms with Gasteiger partial charge in [-0.2, -0.15) is 0 Å². The summed E-state index contributed by atoms with van der Waals surface area (Å²) in [7, 11) is 1.40. The molecule has 1 rings (SSSR count). The summed E-state index contributed by atoms with van der Waals surface area (Å²) in [6.45, 7) is 7.19. The van der Waals surface area contributed by atoms with Crippen LogP contribution in [0.5, 0.6) is 0 Å². The van der Waals surface area contributed by atoms with Gasteiger partial charge in [-0.3, -0.25) is 0 Å². The van der Waals surface area contributed by atoms with Crippen molar-refractivity contribution in [2.75, 3.05) is 19.0 Å². The van der Waals surface area contributed by atoms with Crippen LogP contribution in [-0.4, -0.2) is 24.6 Å². The Hall–Kier alpha value is -1.10. The van der Waals surface area contributed by atoms with Crippen LogP contribution < -0.4 is 5.32 Å². The van der Waals surface area contributed by atoms with Crippen LogP contribution in [0.3, 0.4) is 0 Å². The van der Waals surface area contributed by atoms with E-state index in [1.807, 2.05) is 6.92 Å². The van der Waals surface area contributed by atoms with Crippen molar-refractivity contribution in [1.82, 2.24) is 4.98 Å². The topological polar surface area (TPSA) is 51.2 Å². The van der Waals surface area contributed by atoms with Crippen LogP contribution in [0.4, 0.5) is 5.13 Å². The summed E-state index contributed by atoms with van der Waals surface area (Å²) >= 11 is 1.37. The summed E-state index contributed by atoms with van der Waals surface area (Å²) in [5.41, 5.74) is 0.737. The molecule has 0 amide bonds. The number of nitrogens with one attached hydrogen (secondary N) is 1. The van der Waals surface area contributed by atoms with Crippen LogP contribution in [0.15, 0.2) is 0 Å². The normalized spacial score (nSPS) is 12.2. The molecule has 1 aromatic rings. The van der Waals surface area contributed by atoms with Gasteiger partial charge in [0.25, 0.3) is 0 Å². The quantitative estimate of drug-likeness (QED) is 0.736. The number of ether oxygens (including phenoxy) is 1. The molecule has 0 aliphatic heterocycles. The number of unbranched alkanes of at least 4 members (excludes halogenated alkanes) is 1. The maximum atomic E-state index is 11.5. The fourth-order valence-corrected chi connectivity index (χ4v) is 2.82. The summed E-state index contributed by atoms with van der Waals surface area (Å²) in [6.07, 6.45) is 4.92. The van der Waals surface area contributed by atoms with Gasteiger partial charge in [0.05, 0.1) is 12.8 Å². The molecule has 4 nitrogen and oxygen atoms in total. The van der Waals surface area contributed by atoms with Gasteiger partial charge in [-0.25, -0.2) is 9.78 Å². The monoisotopic (exact) mass is 284 g/mol. The summed E-state index contributed by atoms with van der Waals surface area (Å²) < 4.78 is 4.73. The van der Waals surface area contributed by atoms with Gasteiger partial charge >= 0.3 is 5.97 Å². The standard InChI is InChI=1S/C14H24N2O2S/c1-5-7-8-11(6-2)9-15-14-16-10(3)12(19-14)13(17)18-4/h11H,5-9H2,1-4H3,(H,15,16). The molecule has 1 N–H and O–H groups in total. The van der Waals surface area contributed by atoms with E-state index in [0.717, 1.165) is 17.4 Å². The van der Waals surface area contributed by atoms with Gasteiger partial charge in [-0.15, -0.1) is 0 Å². The molecule has 0 radical (unpaired) electrons. The zero-order chi connectivity index (χ0) is 14.3. The lowest BCUT2D eigenvalue weighted by Gasteiger charge is -2.14. The lowest BCUT2D eigenvalue weighted by molar-refractivity contribution is 0.0605. The van der Waals surface area contributed by atoms with Crippen molar-refractivity contribution in [3.05, 3.63) is 10.6 Å². The summed E-state index contributed by atoms with van der Waals surface area (Å²) in [5, 5.41) is 4.16. The van der Waals surface area contributed by atoms with Gasteiger partial charge in [0, 0.05) is 6.54 Å². The van der Waals surface area contributed by atoms with Crippen molar-refractivity contribution in [1.29, 1.82) is 0 Å². The van der Waals surface area contributed by atoms with Crippen molar-refractivity contribution in [3.63, 3.8) is 0 Å². The van der Waals surface area contributed by atoms with Crippen molar-refractivity contribution in [2.45, 2.75) is 46.5 Å². The Kier molecular flexibility index (Phi) is 6.84. The van der Waals surface area contributed by atoms with E-state index in [9.17, 15) is 4.79 Å². The Morgan fingerprint density at radius 1 is 1.47 bits per heavy atom. The van der Waals surface area contributed by atoms with E-state index in [0.29, 0.717) is 10.8 Å². The highest BCUT2D eigenvalue weighted by Gasteiger charge is 2.16. The van der Waals surface area contributed by atoms with Crippen LogP contribution in [0.2, 0.25) is 0 Å². The number of rotatable bonds is 8. The first-order valence-corrected chi connectivity index (χ1v) is 7.73. The number of esters is 1. The lowest BCUT2D eigenvalue weighted by atomic mass is 10.00. The van der Waals surface area contributed by atoms with Crippen molar-refractivity contribution < 1.29 is 9.53 Å². The molecule has 0 aliphatic carbocycles. The SMILES string of the molecule is CCCCC(CC)CNc1nc(C)c(C(=O)OC)s1. The van der Waals surface area contributed by atoms with E-state index in [1.54, 1.807) is 0 Å². The van der Waals surface area contributed by atoms with E-state index >= 15 is 0 Å². The average Bonchev–Trinajstić information content (AvgIpc) is 2.79. The second-order valence-corrected chi connectivity index (χ2v) is 5.72. The van der Waals surface area contributed by atoms with Crippen molar-refractivity contribution in [3.8, 4) is 0 Å². The molecule has 5 heteroatoms. The maximum Gasteiger partial charge on any atom is 0.350 e. The number of anilines is 1. The van der Waals surface area contributed by atoms with Crippen LogP contribution in [0.25, 0.3) is 0 Å². The largest absolute Gasteiger partial charge is 0.465 e. The third-order valence-electron chi connectivity index (χ3n) is 3.25. The molecular weight excluding hydrogens is 260 g/mol. The first kappa shape index (κ1) is 16.0. The van der Waals surface area contributed by atoms with Crippen LogP contribution >= 0.6 is 11.3 Å². The number of nitrogens with zero attached hydrogens (tertiary/aromatic N) is 1. The summed E-state index contributed by atoms with van der Waals surface area (Å²) in [4.78, 5) is 16.5. The number of carbonyl (C=O) groups excluding carboxylic acids is 1. The molecule has 0 aliphatic rings. The number of hydrogen-bond acceptors (Lipinski definition) is 5. The fraction of sp³-hybridized carbons (Fsp3) is 0.714. The molecule has 0 spiro atoms. The number of aromatic nitrogens is 1. The van der Waals surface area contributed by atoms with Gasteiger partial charge in [-0.1, -0.05) is 44.4 Å². The second-order valence-electron chi connectivity index (χ2n) is 4.72. The average molecular weight is 284 g/mol. The first-order chi connectivity index (χ1) is 9.12. The number of aryl methyl sites for hydroxylation is 1. The molecule has 19 heavy (non-hydrogen) atoms. The molecule has 1 atom stereocenters. The highest BCUT2D eigenvalue weighted by atomic mass is 32.1. The Bertz CT molecular complexity index is 404. The number of hydrogen-bond donors (Lipinski definition) is 1. The van der Waals surface area contributed by atoms with E-state index in [4.69, 9.17) is 4.74 Å². The minimum atomic E-state index is -0.305. The van der Waals surface area contributed by atoms with E-state index < -0.39 is 0 Å². The Labute approximate surface area is 119 Å². The smallest absolute Gasteiger partial charge is 0.350 e. The molecule has 108 valence electrons. The van der Waals surface area contributed by atoms with E-state index in [-0.39, 0.29) is 5.97 Å². The van der Waals surface area contributed by atoms with Crippen LogP contribution in [0.1, 0.15) is 54.9 Å². The number of thiazole rings is 1. The molecule has 0 saturated heterocycles. The van der Waals surface area contributed by atoms with Gasteiger partial charge in [0.2, 0.25) is 0 Å². The predicted molar refractivity (Wildman–Crippen MR) is 80.0 cm³/mol. The molecule has 0 fully saturated rings. The first-order valence-electron chi connectivity index (χ1n) is 6.91. The fourth-order valence-electron chi connectivity index (χ4n) is 1.93. The number of methoxy groups -OCH3 is 1. The minimum absolute atomic E-state index is 0.305. The Morgan fingerprint density at radius 3 is 2.79 bits per heavy atom. The molecule has 0 aromatic carbocycles.